The maximum atomic E-state index is 6.37. The third kappa shape index (κ3) is 5.24. The van der Waals surface area contributed by atoms with Crippen LogP contribution < -0.4 is 0 Å². The molecule has 0 amide bonds. The van der Waals surface area contributed by atoms with Gasteiger partial charge in [-0.15, -0.1) is 0 Å². The van der Waals surface area contributed by atoms with Crippen LogP contribution >= 0.6 is 0 Å². The number of furan rings is 1. The third-order valence-electron chi connectivity index (χ3n) is 8.55. The van der Waals surface area contributed by atoms with Gasteiger partial charge in [0.25, 0.3) is 0 Å². The summed E-state index contributed by atoms with van der Waals surface area (Å²) in [6.07, 6.45) is 12.8. The maximum absolute atomic E-state index is 6.37. The van der Waals surface area contributed by atoms with Gasteiger partial charge in [-0.05, 0) is 65.8 Å². The van der Waals surface area contributed by atoms with E-state index in [9.17, 15) is 0 Å². The fourth-order valence-corrected chi connectivity index (χ4v) is 6.14. The molecule has 4 heteroatoms. The van der Waals surface area contributed by atoms with Crippen molar-refractivity contribution in [2.75, 3.05) is 0 Å². The topological polar surface area (TPSA) is 51.8 Å². The van der Waals surface area contributed by atoms with E-state index in [4.69, 9.17) is 19.4 Å². The van der Waals surface area contributed by atoms with Crippen LogP contribution in [0.5, 0.6) is 0 Å². The molecule has 2 aromatic heterocycles. The summed E-state index contributed by atoms with van der Waals surface area (Å²) in [6.45, 7) is 2.14. The van der Waals surface area contributed by atoms with Crippen LogP contribution in [0.2, 0.25) is 0 Å². The van der Waals surface area contributed by atoms with Gasteiger partial charge in [-0.25, -0.2) is 15.0 Å². The standard InChI is InChI=1S/C42H31N3O/c1-28-12-8-9-13-30(28)23-20-29-21-24-31(25-22-29)34-26-27-37-38(35-18-10-11-19-36(35)46-37)39(34)42-44-40(32-14-4-2-5-15-32)43-41(45-42)33-16-6-3-7-17-33/h2,4-6,8-27H,3,7H2,1H3/b23-20-. The van der Waals surface area contributed by atoms with Crippen molar-refractivity contribution >= 4 is 39.7 Å². The van der Waals surface area contributed by atoms with E-state index in [1.165, 1.54) is 11.1 Å². The van der Waals surface area contributed by atoms with Crippen molar-refractivity contribution in [3.63, 3.8) is 0 Å². The smallest absolute Gasteiger partial charge is 0.165 e. The molecule has 7 aromatic rings. The van der Waals surface area contributed by atoms with E-state index in [-0.39, 0.29) is 0 Å². The van der Waals surface area contributed by atoms with Gasteiger partial charge in [0.1, 0.15) is 11.2 Å². The molecule has 0 unspecified atom stereocenters. The predicted molar refractivity (Wildman–Crippen MR) is 190 cm³/mol. The molecule has 0 fully saturated rings. The number of rotatable bonds is 6. The number of nitrogens with zero attached hydrogens (tertiary/aromatic N) is 3. The molecule has 2 heterocycles. The minimum Gasteiger partial charge on any atom is -0.456 e. The first-order valence-corrected chi connectivity index (χ1v) is 15.7. The number of benzene rings is 5. The lowest BCUT2D eigenvalue weighted by Crippen LogP contribution is -2.04. The Morgan fingerprint density at radius 3 is 2.20 bits per heavy atom. The number of allylic oxidation sites excluding steroid dienone is 4. The SMILES string of the molecule is Cc1ccccc1/C=C\c1ccc(-c2ccc3oc4ccccc4c3c2-c2nc(C3=CCCC=C3)nc(-c3ccccc3)n2)cc1. The molecule has 4 nitrogen and oxygen atoms in total. The van der Waals surface area contributed by atoms with Gasteiger partial charge in [0.05, 0.1) is 0 Å². The minimum absolute atomic E-state index is 0.624. The zero-order chi connectivity index (χ0) is 30.9. The summed E-state index contributed by atoms with van der Waals surface area (Å²) in [7, 11) is 0. The molecular weight excluding hydrogens is 562 g/mol. The molecule has 0 spiro atoms. The van der Waals surface area contributed by atoms with Gasteiger partial charge in [0.15, 0.2) is 17.5 Å². The Kier molecular flexibility index (Phi) is 7.16. The van der Waals surface area contributed by atoms with Gasteiger partial charge < -0.3 is 4.42 Å². The van der Waals surface area contributed by atoms with Crippen LogP contribution in [-0.2, 0) is 0 Å². The molecule has 220 valence electrons. The fourth-order valence-electron chi connectivity index (χ4n) is 6.14. The fraction of sp³-hybridized carbons (Fsp3) is 0.0714. The van der Waals surface area contributed by atoms with Gasteiger partial charge >= 0.3 is 0 Å². The van der Waals surface area contributed by atoms with E-state index < -0.39 is 0 Å². The maximum Gasteiger partial charge on any atom is 0.165 e. The number of hydrogen-bond donors (Lipinski definition) is 0. The van der Waals surface area contributed by atoms with Crippen LogP contribution in [0.1, 0.15) is 35.4 Å². The van der Waals surface area contributed by atoms with E-state index in [2.05, 4.69) is 110 Å². The molecule has 0 saturated heterocycles. The summed E-state index contributed by atoms with van der Waals surface area (Å²) in [5, 5.41) is 2.04. The number of aryl methyl sites for hydroxylation is 1. The minimum atomic E-state index is 0.624. The van der Waals surface area contributed by atoms with Crippen molar-refractivity contribution in [1.29, 1.82) is 0 Å². The third-order valence-corrected chi connectivity index (χ3v) is 8.55. The summed E-state index contributed by atoms with van der Waals surface area (Å²) in [5.74, 6) is 1.94. The van der Waals surface area contributed by atoms with E-state index in [0.29, 0.717) is 17.5 Å². The quantitative estimate of drug-likeness (QED) is 0.180. The van der Waals surface area contributed by atoms with Crippen molar-refractivity contribution in [2.24, 2.45) is 0 Å². The monoisotopic (exact) mass is 593 g/mol. The largest absolute Gasteiger partial charge is 0.456 e. The summed E-state index contributed by atoms with van der Waals surface area (Å²) < 4.78 is 6.37. The van der Waals surface area contributed by atoms with Crippen LogP contribution in [0.25, 0.3) is 73.6 Å². The van der Waals surface area contributed by atoms with Gasteiger partial charge in [0, 0.05) is 27.5 Å². The zero-order valence-corrected chi connectivity index (χ0v) is 25.5. The molecule has 0 aliphatic heterocycles. The molecule has 5 aromatic carbocycles. The van der Waals surface area contributed by atoms with Gasteiger partial charge in [-0.1, -0.05) is 127 Å². The van der Waals surface area contributed by atoms with Gasteiger partial charge in [-0.2, -0.15) is 0 Å². The molecule has 1 aliphatic rings. The van der Waals surface area contributed by atoms with E-state index in [1.807, 2.05) is 42.5 Å². The van der Waals surface area contributed by atoms with Crippen LogP contribution in [0.15, 0.2) is 138 Å². The number of para-hydroxylation sites is 1. The van der Waals surface area contributed by atoms with Crippen LogP contribution in [0, 0.1) is 6.92 Å². The molecule has 1 aliphatic carbocycles. The summed E-state index contributed by atoms with van der Waals surface area (Å²) in [5.41, 5.74) is 10.3. The molecule has 0 radical (unpaired) electrons. The van der Waals surface area contributed by atoms with Crippen LogP contribution in [0.4, 0.5) is 0 Å². The van der Waals surface area contributed by atoms with E-state index >= 15 is 0 Å². The Labute approximate surface area is 268 Å². The highest BCUT2D eigenvalue weighted by Gasteiger charge is 2.22. The summed E-state index contributed by atoms with van der Waals surface area (Å²) >= 11 is 0. The zero-order valence-electron chi connectivity index (χ0n) is 25.5. The summed E-state index contributed by atoms with van der Waals surface area (Å²) in [4.78, 5) is 15.3. The normalized spacial score (nSPS) is 13.1. The number of aromatic nitrogens is 3. The molecule has 0 saturated carbocycles. The van der Waals surface area contributed by atoms with Crippen molar-refractivity contribution in [3.8, 4) is 33.9 Å². The highest BCUT2D eigenvalue weighted by atomic mass is 16.3. The van der Waals surface area contributed by atoms with Crippen molar-refractivity contribution in [3.05, 3.63) is 156 Å². The van der Waals surface area contributed by atoms with Crippen LogP contribution in [0.3, 0.4) is 0 Å². The Morgan fingerprint density at radius 1 is 0.609 bits per heavy atom. The molecular formula is C42H31N3O. The highest BCUT2D eigenvalue weighted by molar-refractivity contribution is 6.15. The second kappa shape index (κ2) is 11.9. The predicted octanol–water partition coefficient (Wildman–Crippen LogP) is 11.0. The molecule has 8 rings (SSSR count). The lowest BCUT2D eigenvalue weighted by atomic mass is 9.94. The average molecular weight is 594 g/mol. The lowest BCUT2D eigenvalue weighted by Gasteiger charge is -2.14. The molecule has 46 heavy (non-hydrogen) atoms. The van der Waals surface area contributed by atoms with Crippen molar-refractivity contribution in [1.82, 2.24) is 15.0 Å². The van der Waals surface area contributed by atoms with E-state index in [0.717, 1.165) is 68.2 Å². The van der Waals surface area contributed by atoms with Gasteiger partial charge in [0.2, 0.25) is 0 Å². The first kappa shape index (κ1) is 27.7. The first-order valence-electron chi connectivity index (χ1n) is 15.7. The van der Waals surface area contributed by atoms with Crippen LogP contribution in [-0.4, -0.2) is 15.0 Å². The van der Waals surface area contributed by atoms with Crippen molar-refractivity contribution in [2.45, 2.75) is 19.8 Å². The number of hydrogen-bond acceptors (Lipinski definition) is 4. The second-order valence-corrected chi connectivity index (χ2v) is 11.6. The Morgan fingerprint density at radius 2 is 1.37 bits per heavy atom. The first-order chi connectivity index (χ1) is 22.7. The lowest BCUT2D eigenvalue weighted by molar-refractivity contribution is 0.669. The summed E-state index contributed by atoms with van der Waals surface area (Å²) in [6, 6.07) is 39.6. The van der Waals surface area contributed by atoms with Gasteiger partial charge in [-0.3, -0.25) is 0 Å². The molecule has 0 bridgehead atoms. The molecule has 0 N–H and O–H groups in total. The van der Waals surface area contributed by atoms with E-state index in [1.54, 1.807) is 0 Å². The Bertz CT molecular complexity index is 2310. The highest BCUT2D eigenvalue weighted by Crippen LogP contribution is 2.42. The second-order valence-electron chi connectivity index (χ2n) is 11.6. The Balaban J connectivity index is 1.33. The number of fused-ring (bicyclic) bond motifs is 3. The van der Waals surface area contributed by atoms with Crippen molar-refractivity contribution < 1.29 is 4.42 Å². The molecule has 0 atom stereocenters. The average Bonchev–Trinajstić information content (AvgIpc) is 3.50. The Hall–Kier alpha value is -5.87.